The van der Waals surface area contributed by atoms with Gasteiger partial charge in [0.05, 0.1) is 23.6 Å². The maximum Gasteiger partial charge on any atom is 0.295 e. The quantitative estimate of drug-likeness (QED) is 0.271. The fourth-order valence-electron chi connectivity index (χ4n) is 4.47. The second-order valence-electron chi connectivity index (χ2n) is 8.17. The lowest BCUT2D eigenvalue weighted by Crippen LogP contribution is -2.31. The Morgan fingerprint density at radius 2 is 1.88 bits per heavy atom. The van der Waals surface area contributed by atoms with Gasteiger partial charge in [-0.05, 0) is 43.2 Å². The van der Waals surface area contributed by atoms with Crippen molar-refractivity contribution < 1.29 is 19.1 Å². The molecule has 9 heteroatoms. The molecule has 1 unspecified atom stereocenters. The molecule has 172 valence electrons. The van der Waals surface area contributed by atoms with Gasteiger partial charge < -0.3 is 14.6 Å². The number of carbonyl (C=O) groups is 2. The van der Waals surface area contributed by atoms with Crippen molar-refractivity contribution in [3.63, 3.8) is 0 Å². The number of fused-ring (bicyclic) bond motifs is 1. The smallest absolute Gasteiger partial charge is 0.295 e. The van der Waals surface area contributed by atoms with Crippen LogP contribution in [0.15, 0.2) is 73.0 Å². The van der Waals surface area contributed by atoms with E-state index < -0.39 is 23.5 Å². The number of pyridine rings is 1. The van der Waals surface area contributed by atoms with E-state index in [1.807, 2.05) is 16.8 Å². The van der Waals surface area contributed by atoms with Crippen LogP contribution in [0.4, 0.5) is 4.39 Å². The number of aryl methyl sites for hydroxylation is 2. The predicted molar refractivity (Wildman–Crippen MR) is 122 cm³/mol. The van der Waals surface area contributed by atoms with Gasteiger partial charge in [0.2, 0.25) is 0 Å². The van der Waals surface area contributed by atoms with Crippen LogP contribution in [-0.2, 0) is 16.1 Å². The molecule has 34 heavy (non-hydrogen) atoms. The Kier molecular flexibility index (Phi) is 5.45. The maximum absolute atomic E-state index is 13.7. The Bertz CT molecular complexity index is 1410. The van der Waals surface area contributed by atoms with Crippen LogP contribution in [0.3, 0.4) is 0 Å². The van der Waals surface area contributed by atoms with Crippen molar-refractivity contribution in [3.8, 4) is 0 Å². The summed E-state index contributed by atoms with van der Waals surface area (Å²) in [4.78, 5) is 36.2. The molecule has 1 fully saturated rings. The molecule has 8 nitrogen and oxygen atoms in total. The van der Waals surface area contributed by atoms with Crippen molar-refractivity contribution in [2.45, 2.75) is 25.9 Å². The SMILES string of the molecule is Cc1nc2ccccn2c1/C(O)=C1\C(=O)C(=O)N(CCCn2ccnc2)C1c1ccc(F)cc1. The number of carbonyl (C=O) groups excluding carboxylic acids is 2. The first kappa shape index (κ1) is 21.6. The van der Waals surface area contributed by atoms with E-state index in [2.05, 4.69) is 9.97 Å². The molecule has 0 aliphatic carbocycles. The molecule has 0 bridgehead atoms. The Labute approximate surface area is 194 Å². The first-order chi connectivity index (χ1) is 16.5. The predicted octanol–water partition coefficient (Wildman–Crippen LogP) is 3.49. The molecule has 1 amide bonds. The number of amides is 1. The molecule has 1 aromatic carbocycles. The number of benzene rings is 1. The van der Waals surface area contributed by atoms with Crippen LogP contribution in [0.1, 0.15) is 29.4 Å². The van der Waals surface area contributed by atoms with Gasteiger partial charge in [-0.1, -0.05) is 18.2 Å². The zero-order chi connectivity index (χ0) is 23.8. The number of hydrogen-bond acceptors (Lipinski definition) is 5. The van der Waals surface area contributed by atoms with Crippen LogP contribution in [-0.4, -0.2) is 47.2 Å². The lowest BCUT2D eigenvalue weighted by molar-refractivity contribution is -0.139. The average molecular weight is 459 g/mol. The van der Waals surface area contributed by atoms with Crippen molar-refractivity contribution in [1.29, 1.82) is 0 Å². The zero-order valence-electron chi connectivity index (χ0n) is 18.4. The van der Waals surface area contributed by atoms with Gasteiger partial charge in [0, 0.05) is 31.7 Å². The van der Waals surface area contributed by atoms with Gasteiger partial charge in [-0.25, -0.2) is 14.4 Å². The zero-order valence-corrected chi connectivity index (χ0v) is 18.4. The minimum atomic E-state index is -0.850. The van der Waals surface area contributed by atoms with Gasteiger partial charge in [0.1, 0.15) is 17.2 Å². The number of aliphatic hydroxyl groups is 1. The van der Waals surface area contributed by atoms with Gasteiger partial charge in [-0.2, -0.15) is 0 Å². The Hall–Kier alpha value is -4.27. The highest BCUT2D eigenvalue weighted by molar-refractivity contribution is 6.46. The molecule has 1 aliphatic heterocycles. The molecular formula is C25H22FN5O3. The summed E-state index contributed by atoms with van der Waals surface area (Å²) in [6.07, 6.45) is 7.47. The number of Topliss-reactive ketones (excluding diaryl/α,β-unsaturated/α-hetero) is 1. The monoisotopic (exact) mass is 459 g/mol. The van der Waals surface area contributed by atoms with Crippen LogP contribution < -0.4 is 0 Å². The number of likely N-dealkylation sites (tertiary alicyclic amines) is 1. The van der Waals surface area contributed by atoms with E-state index in [0.717, 1.165) is 0 Å². The van der Waals surface area contributed by atoms with E-state index >= 15 is 0 Å². The second-order valence-corrected chi connectivity index (χ2v) is 8.17. The number of ketones is 1. The van der Waals surface area contributed by atoms with Gasteiger partial charge in [-0.15, -0.1) is 0 Å². The van der Waals surface area contributed by atoms with Crippen molar-refractivity contribution in [2.75, 3.05) is 6.54 Å². The number of aromatic nitrogens is 4. The summed E-state index contributed by atoms with van der Waals surface area (Å²) in [5.41, 5.74) is 1.98. The minimum absolute atomic E-state index is 0.0343. The second kappa shape index (κ2) is 8.58. The topological polar surface area (TPSA) is 92.7 Å². The van der Waals surface area contributed by atoms with Crippen molar-refractivity contribution in [3.05, 3.63) is 95.7 Å². The number of imidazole rings is 2. The number of nitrogens with zero attached hydrogens (tertiary/aromatic N) is 5. The summed E-state index contributed by atoms with van der Waals surface area (Å²) >= 11 is 0. The summed E-state index contributed by atoms with van der Waals surface area (Å²) in [5, 5.41) is 11.4. The molecule has 1 aliphatic rings. The highest BCUT2D eigenvalue weighted by Crippen LogP contribution is 2.40. The van der Waals surface area contributed by atoms with E-state index in [1.165, 1.54) is 29.2 Å². The van der Waals surface area contributed by atoms with Crippen molar-refractivity contribution in [1.82, 2.24) is 23.8 Å². The van der Waals surface area contributed by atoms with E-state index in [9.17, 15) is 19.1 Å². The van der Waals surface area contributed by atoms with Crippen LogP contribution in [0.5, 0.6) is 0 Å². The van der Waals surface area contributed by atoms with E-state index in [1.54, 1.807) is 42.2 Å². The summed E-state index contributed by atoms with van der Waals surface area (Å²) in [5.74, 6) is -2.22. The van der Waals surface area contributed by atoms with Crippen LogP contribution >= 0.6 is 0 Å². The van der Waals surface area contributed by atoms with Gasteiger partial charge in [0.15, 0.2) is 5.76 Å². The standard InChI is InChI=1S/C25H22FN5O3/c1-16-21(30-12-3-2-5-19(30)28-16)23(32)20-22(17-6-8-18(26)9-7-17)31(25(34)24(20)33)13-4-11-29-14-10-27-15-29/h2-3,5-10,12,14-15,22,32H,4,11,13H2,1H3/b23-20+. The third kappa shape index (κ3) is 3.64. The van der Waals surface area contributed by atoms with E-state index in [4.69, 9.17) is 0 Å². The fourth-order valence-corrected chi connectivity index (χ4v) is 4.47. The average Bonchev–Trinajstić information content (AvgIpc) is 3.52. The number of hydrogen-bond donors (Lipinski definition) is 1. The van der Waals surface area contributed by atoms with E-state index in [0.29, 0.717) is 35.6 Å². The fraction of sp³-hybridized carbons (Fsp3) is 0.200. The lowest BCUT2D eigenvalue weighted by atomic mass is 9.96. The van der Waals surface area contributed by atoms with Gasteiger partial charge in [0.25, 0.3) is 11.7 Å². The van der Waals surface area contributed by atoms with Crippen molar-refractivity contribution >= 4 is 23.1 Å². The van der Waals surface area contributed by atoms with Gasteiger partial charge in [-0.3, -0.25) is 14.0 Å². The minimum Gasteiger partial charge on any atom is -0.505 e. The van der Waals surface area contributed by atoms with Gasteiger partial charge >= 0.3 is 0 Å². The molecule has 1 saturated heterocycles. The molecule has 0 saturated carbocycles. The third-order valence-corrected chi connectivity index (χ3v) is 6.03. The molecule has 0 radical (unpaired) electrons. The summed E-state index contributed by atoms with van der Waals surface area (Å²) in [6.45, 7) is 2.61. The summed E-state index contributed by atoms with van der Waals surface area (Å²) in [7, 11) is 0. The maximum atomic E-state index is 13.7. The number of aliphatic hydroxyl groups excluding tert-OH is 1. The van der Waals surface area contributed by atoms with E-state index in [-0.39, 0.29) is 17.9 Å². The first-order valence-electron chi connectivity index (χ1n) is 10.9. The van der Waals surface area contributed by atoms with Crippen molar-refractivity contribution in [2.24, 2.45) is 0 Å². The summed E-state index contributed by atoms with van der Waals surface area (Å²) < 4.78 is 17.2. The molecule has 3 aromatic heterocycles. The molecule has 1 N–H and O–H groups in total. The molecule has 1 atom stereocenters. The molecular weight excluding hydrogens is 437 g/mol. The third-order valence-electron chi connectivity index (χ3n) is 6.03. The largest absolute Gasteiger partial charge is 0.505 e. The number of rotatable bonds is 6. The van der Waals surface area contributed by atoms with Crippen LogP contribution in [0.25, 0.3) is 11.4 Å². The summed E-state index contributed by atoms with van der Waals surface area (Å²) in [6, 6.07) is 10.2. The molecule has 4 heterocycles. The lowest BCUT2D eigenvalue weighted by Gasteiger charge is -2.25. The van der Waals surface area contributed by atoms with Crippen LogP contribution in [0, 0.1) is 12.7 Å². The molecule has 5 rings (SSSR count). The molecule has 4 aromatic rings. The Morgan fingerprint density at radius 3 is 2.62 bits per heavy atom. The Morgan fingerprint density at radius 1 is 1.09 bits per heavy atom. The normalized spacial score (nSPS) is 17.7. The molecule has 0 spiro atoms. The number of halogens is 1. The Balaban J connectivity index is 1.60. The highest BCUT2D eigenvalue weighted by Gasteiger charge is 2.46. The highest BCUT2D eigenvalue weighted by atomic mass is 19.1. The van der Waals surface area contributed by atoms with Crippen LogP contribution in [0.2, 0.25) is 0 Å². The first-order valence-corrected chi connectivity index (χ1v) is 10.9.